The maximum absolute atomic E-state index is 5.68. The summed E-state index contributed by atoms with van der Waals surface area (Å²) in [4.78, 5) is 0.624. The Bertz CT molecular complexity index is 324. The molecule has 15 heavy (non-hydrogen) atoms. The molecule has 1 aromatic rings. The molecule has 2 heteroatoms. The number of para-hydroxylation sites is 1. The molecule has 1 nitrogen and oxygen atoms in total. The predicted octanol–water partition coefficient (Wildman–Crippen LogP) is 4.12. The smallest absolute Gasteiger partial charge is 0.122 e. The van der Waals surface area contributed by atoms with Crippen LogP contribution in [0, 0.1) is 0 Å². The van der Waals surface area contributed by atoms with Gasteiger partial charge in [-0.2, -0.15) is 0 Å². The molecule has 0 spiro atoms. The zero-order valence-corrected chi connectivity index (χ0v) is 10.7. The van der Waals surface area contributed by atoms with Crippen LogP contribution in [0.3, 0.4) is 0 Å². The van der Waals surface area contributed by atoms with E-state index in [1.807, 2.05) is 13.0 Å². The van der Waals surface area contributed by atoms with Gasteiger partial charge in [-0.3, -0.25) is 0 Å². The Balaban J connectivity index is 2.25. The number of halogens is 1. The lowest BCUT2D eigenvalue weighted by molar-refractivity contribution is 0.334. The fourth-order valence-corrected chi connectivity index (χ4v) is 3.21. The van der Waals surface area contributed by atoms with Gasteiger partial charge in [0.1, 0.15) is 5.75 Å². The Hall–Kier alpha value is -0.500. The zero-order valence-electron chi connectivity index (χ0n) is 9.08. The lowest BCUT2D eigenvalue weighted by atomic mass is 9.97. The Kier molecular flexibility index (Phi) is 3.68. The second-order valence-electron chi connectivity index (χ2n) is 4.02. The molecule has 0 heterocycles. The van der Waals surface area contributed by atoms with Crippen LogP contribution < -0.4 is 4.74 Å². The number of benzene rings is 1. The Morgan fingerprint density at radius 1 is 1.33 bits per heavy atom. The highest BCUT2D eigenvalue weighted by molar-refractivity contribution is 9.09. The van der Waals surface area contributed by atoms with Crippen molar-refractivity contribution in [3.63, 3.8) is 0 Å². The first-order chi connectivity index (χ1) is 7.33. The summed E-state index contributed by atoms with van der Waals surface area (Å²) >= 11 is 3.77. The predicted molar refractivity (Wildman–Crippen MR) is 66.9 cm³/mol. The number of ether oxygens (including phenoxy) is 1. The number of hydrogen-bond acceptors (Lipinski definition) is 1. The second-order valence-corrected chi connectivity index (χ2v) is 5.20. The van der Waals surface area contributed by atoms with E-state index in [0.29, 0.717) is 10.7 Å². The number of rotatable bonds is 3. The summed E-state index contributed by atoms with van der Waals surface area (Å²) < 4.78 is 5.68. The molecule has 1 aromatic carbocycles. The minimum atomic E-state index is 0.624. The molecule has 1 fully saturated rings. The maximum Gasteiger partial charge on any atom is 0.122 e. The summed E-state index contributed by atoms with van der Waals surface area (Å²) in [5.74, 6) is 1.70. The largest absolute Gasteiger partial charge is 0.494 e. The van der Waals surface area contributed by atoms with Gasteiger partial charge < -0.3 is 4.74 Å². The minimum Gasteiger partial charge on any atom is -0.494 e. The number of alkyl halides is 1. The van der Waals surface area contributed by atoms with Crippen molar-refractivity contribution in [2.75, 3.05) is 6.61 Å². The van der Waals surface area contributed by atoms with Crippen molar-refractivity contribution < 1.29 is 4.74 Å². The summed E-state index contributed by atoms with van der Waals surface area (Å²) in [6.07, 6.45) is 3.88. The van der Waals surface area contributed by atoms with Crippen LogP contribution in [0.25, 0.3) is 0 Å². The normalized spacial score (nSPS) is 25.5. The third kappa shape index (κ3) is 2.36. The van der Waals surface area contributed by atoms with Crippen LogP contribution in [0.5, 0.6) is 5.75 Å². The van der Waals surface area contributed by atoms with Crippen molar-refractivity contribution >= 4 is 15.9 Å². The highest BCUT2D eigenvalue weighted by atomic mass is 79.9. The summed E-state index contributed by atoms with van der Waals surface area (Å²) in [6.45, 7) is 2.79. The van der Waals surface area contributed by atoms with E-state index < -0.39 is 0 Å². The third-order valence-corrected chi connectivity index (χ3v) is 4.15. The maximum atomic E-state index is 5.68. The molecule has 0 saturated heterocycles. The van der Waals surface area contributed by atoms with Gasteiger partial charge in [-0.1, -0.05) is 40.5 Å². The Labute approximate surface area is 100.0 Å². The summed E-state index contributed by atoms with van der Waals surface area (Å²) in [6, 6.07) is 8.44. The average molecular weight is 269 g/mol. The highest BCUT2D eigenvalue weighted by Gasteiger charge is 2.28. The van der Waals surface area contributed by atoms with Crippen molar-refractivity contribution in [2.45, 2.75) is 36.9 Å². The summed E-state index contributed by atoms with van der Waals surface area (Å²) in [5.41, 5.74) is 1.37. The van der Waals surface area contributed by atoms with Crippen LogP contribution in [0.2, 0.25) is 0 Å². The van der Waals surface area contributed by atoms with E-state index in [2.05, 4.69) is 34.1 Å². The molecule has 0 aliphatic heterocycles. The van der Waals surface area contributed by atoms with Crippen LogP contribution in [0.15, 0.2) is 24.3 Å². The molecule has 2 rings (SSSR count). The molecule has 0 bridgehead atoms. The molecule has 0 amide bonds. The Morgan fingerprint density at radius 2 is 2.13 bits per heavy atom. The Morgan fingerprint density at radius 3 is 2.80 bits per heavy atom. The molecular weight excluding hydrogens is 252 g/mol. The lowest BCUT2D eigenvalue weighted by Gasteiger charge is -2.18. The van der Waals surface area contributed by atoms with Crippen molar-refractivity contribution in [1.82, 2.24) is 0 Å². The standard InChI is InChI=1S/C13H17BrO/c1-2-15-13-9-4-3-6-11(13)10-7-5-8-12(10)14/h3-4,6,9-10,12H,2,5,7-8H2,1H3. The molecule has 1 aliphatic rings. The van der Waals surface area contributed by atoms with Gasteiger partial charge in [0.2, 0.25) is 0 Å². The molecular formula is C13H17BrO. The van der Waals surface area contributed by atoms with E-state index >= 15 is 0 Å². The quantitative estimate of drug-likeness (QED) is 0.750. The molecule has 2 atom stereocenters. The molecule has 0 N–H and O–H groups in total. The van der Waals surface area contributed by atoms with Gasteiger partial charge in [0, 0.05) is 10.7 Å². The third-order valence-electron chi connectivity index (χ3n) is 3.05. The van der Waals surface area contributed by atoms with E-state index in [1.165, 1.54) is 24.8 Å². The topological polar surface area (TPSA) is 9.23 Å². The zero-order chi connectivity index (χ0) is 10.7. The monoisotopic (exact) mass is 268 g/mol. The van der Waals surface area contributed by atoms with E-state index in [4.69, 9.17) is 4.74 Å². The van der Waals surface area contributed by atoms with Gasteiger partial charge in [-0.25, -0.2) is 0 Å². The SMILES string of the molecule is CCOc1ccccc1C1CCCC1Br. The fourth-order valence-electron chi connectivity index (χ4n) is 2.34. The van der Waals surface area contributed by atoms with Crippen molar-refractivity contribution in [1.29, 1.82) is 0 Å². The molecule has 2 unspecified atom stereocenters. The van der Waals surface area contributed by atoms with E-state index in [9.17, 15) is 0 Å². The van der Waals surface area contributed by atoms with Gasteiger partial charge in [-0.05, 0) is 31.4 Å². The molecule has 1 aliphatic carbocycles. The van der Waals surface area contributed by atoms with Crippen molar-refractivity contribution in [3.8, 4) is 5.75 Å². The number of hydrogen-bond donors (Lipinski definition) is 0. The first-order valence-corrected chi connectivity index (χ1v) is 6.60. The van der Waals surface area contributed by atoms with Gasteiger partial charge >= 0.3 is 0 Å². The van der Waals surface area contributed by atoms with E-state index in [0.717, 1.165) is 12.4 Å². The molecule has 0 radical (unpaired) electrons. The minimum absolute atomic E-state index is 0.624. The van der Waals surface area contributed by atoms with Gasteiger partial charge in [0.15, 0.2) is 0 Å². The van der Waals surface area contributed by atoms with Crippen LogP contribution in [-0.2, 0) is 0 Å². The molecule has 1 saturated carbocycles. The average Bonchev–Trinajstić information content (AvgIpc) is 2.66. The highest BCUT2D eigenvalue weighted by Crippen LogP contribution is 2.42. The lowest BCUT2D eigenvalue weighted by Crippen LogP contribution is -2.07. The van der Waals surface area contributed by atoms with Crippen LogP contribution in [0.1, 0.15) is 37.7 Å². The van der Waals surface area contributed by atoms with E-state index in [-0.39, 0.29) is 0 Å². The van der Waals surface area contributed by atoms with Crippen LogP contribution in [-0.4, -0.2) is 11.4 Å². The van der Waals surface area contributed by atoms with Crippen LogP contribution >= 0.6 is 15.9 Å². The van der Waals surface area contributed by atoms with Crippen LogP contribution in [0.4, 0.5) is 0 Å². The summed E-state index contributed by atoms with van der Waals surface area (Å²) in [7, 11) is 0. The second kappa shape index (κ2) is 5.02. The first kappa shape index (κ1) is 11.0. The van der Waals surface area contributed by atoms with Crippen molar-refractivity contribution in [3.05, 3.63) is 29.8 Å². The van der Waals surface area contributed by atoms with Gasteiger partial charge in [0.05, 0.1) is 6.61 Å². The van der Waals surface area contributed by atoms with Crippen molar-refractivity contribution in [2.24, 2.45) is 0 Å². The molecule has 82 valence electrons. The first-order valence-electron chi connectivity index (χ1n) is 5.68. The molecule has 0 aromatic heterocycles. The summed E-state index contributed by atoms with van der Waals surface area (Å²) in [5, 5.41) is 0. The fraction of sp³-hybridized carbons (Fsp3) is 0.538. The van der Waals surface area contributed by atoms with Gasteiger partial charge in [0.25, 0.3) is 0 Å². The van der Waals surface area contributed by atoms with Gasteiger partial charge in [-0.15, -0.1) is 0 Å². The van der Waals surface area contributed by atoms with E-state index in [1.54, 1.807) is 0 Å².